The Balaban J connectivity index is 3.41. The van der Waals surface area contributed by atoms with Crippen LogP contribution in [0.5, 0.6) is 0 Å². The minimum absolute atomic E-state index is 0.317. The molecule has 3 nitrogen and oxygen atoms in total. The third-order valence-electron chi connectivity index (χ3n) is 1.31. The first-order valence-electron chi connectivity index (χ1n) is 4.31. The fourth-order valence-corrected chi connectivity index (χ4v) is 0.634. The van der Waals surface area contributed by atoms with Crippen LogP contribution in [0.15, 0.2) is 24.3 Å². The van der Waals surface area contributed by atoms with E-state index in [1.807, 2.05) is 31.2 Å². The van der Waals surface area contributed by atoms with Crippen LogP contribution in [0.4, 0.5) is 0 Å². The van der Waals surface area contributed by atoms with Gasteiger partial charge in [0.1, 0.15) is 6.10 Å². The number of carbonyl (C=O) groups is 1. The molecule has 0 radical (unpaired) electrons. The lowest BCUT2D eigenvalue weighted by molar-refractivity contribution is -0.152. The lowest BCUT2D eigenvalue weighted by Crippen LogP contribution is -2.19. The molecule has 0 aromatic heterocycles. The first-order valence-corrected chi connectivity index (χ1v) is 4.31. The smallest absolute Gasteiger partial charge is 0.334 e. The van der Waals surface area contributed by atoms with E-state index < -0.39 is 12.1 Å². The minimum Gasteiger partial charge on any atom is -0.463 e. The summed E-state index contributed by atoms with van der Waals surface area (Å²) < 4.78 is 4.72. The second kappa shape index (κ2) is 7.55. The molecule has 13 heavy (non-hydrogen) atoms. The third-order valence-corrected chi connectivity index (χ3v) is 1.31. The maximum Gasteiger partial charge on any atom is 0.334 e. The largest absolute Gasteiger partial charge is 0.463 e. The molecule has 0 aliphatic carbocycles. The van der Waals surface area contributed by atoms with E-state index in [-0.39, 0.29) is 0 Å². The fraction of sp³-hybridized carbons (Fsp3) is 0.500. The number of aliphatic hydroxyl groups is 1. The van der Waals surface area contributed by atoms with Crippen LogP contribution in [0.25, 0.3) is 0 Å². The van der Waals surface area contributed by atoms with Crippen molar-refractivity contribution in [3.8, 4) is 0 Å². The van der Waals surface area contributed by atoms with E-state index in [1.54, 1.807) is 0 Å². The molecule has 0 aliphatic heterocycles. The normalized spacial score (nSPS) is 13.8. The van der Waals surface area contributed by atoms with Crippen LogP contribution in [0.3, 0.4) is 0 Å². The van der Waals surface area contributed by atoms with Gasteiger partial charge in [-0.3, -0.25) is 0 Å². The van der Waals surface area contributed by atoms with E-state index in [1.165, 1.54) is 6.92 Å². The summed E-state index contributed by atoms with van der Waals surface area (Å²) in [7, 11) is 0. The Bertz CT molecular complexity index is 192. The van der Waals surface area contributed by atoms with Crippen molar-refractivity contribution in [1.29, 1.82) is 0 Å². The second-order valence-corrected chi connectivity index (χ2v) is 2.59. The van der Waals surface area contributed by atoms with Crippen LogP contribution < -0.4 is 0 Å². The van der Waals surface area contributed by atoms with Crippen LogP contribution in [-0.4, -0.2) is 23.8 Å². The topological polar surface area (TPSA) is 46.5 Å². The van der Waals surface area contributed by atoms with Gasteiger partial charge in [-0.1, -0.05) is 24.3 Å². The molecule has 0 fully saturated rings. The van der Waals surface area contributed by atoms with E-state index in [0.29, 0.717) is 13.0 Å². The first-order chi connectivity index (χ1) is 6.18. The molecule has 1 N–H and O–H groups in total. The molecular formula is C10H16O3. The number of carbonyl (C=O) groups excluding carboxylic acids is 1. The monoisotopic (exact) mass is 184 g/mol. The second-order valence-electron chi connectivity index (χ2n) is 2.59. The highest BCUT2D eigenvalue weighted by molar-refractivity contribution is 5.73. The summed E-state index contributed by atoms with van der Waals surface area (Å²) in [4.78, 5) is 10.7. The summed E-state index contributed by atoms with van der Waals surface area (Å²) in [5.41, 5.74) is 0. The molecule has 3 heteroatoms. The molecule has 0 aromatic carbocycles. The summed E-state index contributed by atoms with van der Waals surface area (Å²) in [5.74, 6) is -0.570. The zero-order valence-corrected chi connectivity index (χ0v) is 8.06. The highest BCUT2D eigenvalue weighted by atomic mass is 16.5. The molecule has 0 spiro atoms. The minimum atomic E-state index is -1.03. The maximum atomic E-state index is 10.7. The number of ether oxygens (including phenoxy) is 1. The van der Waals surface area contributed by atoms with Gasteiger partial charge in [-0.25, -0.2) is 4.79 Å². The average molecular weight is 184 g/mol. The number of allylic oxidation sites excluding steroid dienone is 3. The van der Waals surface area contributed by atoms with Gasteiger partial charge in [-0.2, -0.15) is 0 Å². The van der Waals surface area contributed by atoms with Crippen LogP contribution in [0.2, 0.25) is 0 Å². The van der Waals surface area contributed by atoms with E-state index >= 15 is 0 Å². The molecule has 0 heterocycles. The molecule has 0 saturated heterocycles. The zero-order valence-electron chi connectivity index (χ0n) is 8.06. The van der Waals surface area contributed by atoms with Gasteiger partial charge in [0.15, 0.2) is 0 Å². The van der Waals surface area contributed by atoms with Gasteiger partial charge in [0.05, 0.1) is 6.61 Å². The van der Waals surface area contributed by atoms with E-state index in [4.69, 9.17) is 9.84 Å². The van der Waals surface area contributed by atoms with Crippen molar-refractivity contribution in [2.75, 3.05) is 6.61 Å². The Hall–Kier alpha value is -1.09. The van der Waals surface area contributed by atoms with Crippen molar-refractivity contribution in [1.82, 2.24) is 0 Å². The highest BCUT2D eigenvalue weighted by Gasteiger charge is 2.08. The molecule has 1 unspecified atom stereocenters. The van der Waals surface area contributed by atoms with Gasteiger partial charge in [0, 0.05) is 0 Å². The Labute approximate surface area is 78.7 Å². The van der Waals surface area contributed by atoms with E-state index in [2.05, 4.69) is 0 Å². The number of rotatable bonds is 5. The Morgan fingerprint density at radius 2 is 2.23 bits per heavy atom. The van der Waals surface area contributed by atoms with Gasteiger partial charge in [-0.15, -0.1) is 0 Å². The molecule has 0 bridgehead atoms. The average Bonchev–Trinajstić information content (AvgIpc) is 2.10. The number of aliphatic hydroxyl groups excluding tert-OH is 1. The zero-order chi connectivity index (χ0) is 10.1. The van der Waals surface area contributed by atoms with Crippen LogP contribution >= 0.6 is 0 Å². The summed E-state index contributed by atoms with van der Waals surface area (Å²) in [5, 5.41) is 8.76. The Kier molecular flexibility index (Phi) is 6.92. The molecular weight excluding hydrogens is 168 g/mol. The molecule has 0 rings (SSSR count). The van der Waals surface area contributed by atoms with Gasteiger partial charge >= 0.3 is 5.97 Å². The fourth-order valence-electron chi connectivity index (χ4n) is 0.634. The molecule has 0 aromatic rings. The van der Waals surface area contributed by atoms with E-state index in [0.717, 1.165) is 0 Å². The van der Waals surface area contributed by atoms with Gasteiger partial charge in [-0.05, 0) is 20.3 Å². The van der Waals surface area contributed by atoms with Crippen molar-refractivity contribution in [3.63, 3.8) is 0 Å². The number of hydrogen-bond donors (Lipinski definition) is 1. The van der Waals surface area contributed by atoms with Crippen molar-refractivity contribution < 1.29 is 14.6 Å². The van der Waals surface area contributed by atoms with Gasteiger partial charge in [0.25, 0.3) is 0 Å². The lowest BCUT2D eigenvalue weighted by Gasteiger charge is -2.03. The SMILES string of the molecule is C/C=C/C=C/CCOC(=O)C(C)O. The molecule has 1 atom stereocenters. The first kappa shape index (κ1) is 11.9. The van der Waals surface area contributed by atoms with Crippen LogP contribution in [0, 0.1) is 0 Å². The Morgan fingerprint density at radius 3 is 2.77 bits per heavy atom. The predicted molar refractivity (Wildman–Crippen MR) is 51.2 cm³/mol. The standard InChI is InChI=1S/C10H16O3/c1-3-4-5-6-7-8-13-10(12)9(2)11/h3-6,9,11H,7-8H2,1-2H3/b4-3+,6-5+. The predicted octanol–water partition coefficient (Wildman–Crippen LogP) is 1.43. The van der Waals surface area contributed by atoms with Crippen molar-refractivity contribution in [2.24, 2.45) is 0 Å². The summed E-state index contributed by atoms with van der Waals surface area (Å²) >= 11 is 0. The maximum absolute atomic E-state index is 10.7. The summed E-state index contributed by atoms with van der Waals surface area (Å²) in [6, 6.07) is 0. The molecule has 0 amide bonds. The highest BCUT2D eigenvalue weighted by Crippen LogP contribution is 1.90. The van der Waals surface area contributed by atoms with Crippen LogP contribution in [-0.2, 0) is 9.53 Å². The number of hydrogen-bond acceptors (Lipinski definition) is 3. The lowest BCUT2D eigenvalue weighted by atomic mass is 10.3. The van der Waals surface area contributed by atoms with E-state index in [9.17, 15) is 4.79 Å². The van der Waals surface area contributed by atoms with Gasteiger partial charge in [0.2, 0.25) is 0 Å². The van der Waals surface area contributed by atoms with Crippen molar-refractivity contribution in [2.45, 2.75) is 26.4 Å². The van der Waals surface area contributed by atoms with Gasteiger partial charge < -0.3 is 9.84 Å². The number of esters is 1. The summed E-state index contributed by atoms with van der Waals surface area (Å²) in [6.45, 7) is 3.63. The van der Waals surface area contributed by atoms with Crippen molar-refractivity contribution in [3.05, 3.63) is 24.3 Å². The quantitative estimate of drug-likeness (QED) is 0.399. The molecule has 0 aliphatic rings. The molecule has 0 saturated carbocycles. The van der Waals surface area contributed by atoms with Crippen LogP contribution in [0.1, 0.15) is 20.3 Å². The Morgan fingerprint density at radius 1 is 1.54 bits per heavy atom. The molecule has 74 valence electrons. The third kappa shape index (κ3) is 7.28. The summed E-state index contributed by atoms with van der Waals surface area (Å²) in [6.07, 6.45) is 7.24. The van der Waals surface area contributed by atoms with Crippen molar-refractivity contribution >= 4 is 5.97 Å².